The lowest BCUT2D eigenvalue weighted by Crippen LogP contribution is -2.19. The molecule has 0 aliphatic carbocycles. The maximum Gasteiger partial charge on any atom is 0.261 e. The number of nitrogens with one attached hydrogen (secondary N) is 1. The molecule has 2 heterocycles. The minimum Gasteiger partial charge on any atom is -0.362 e. The van der Waals surface area contributed by atoms with Crippen molar-refractivity contribution in [3.8, 4) is 11.3 Å². The van der Waals surface area contributed by atoms with Crippen molar-refractivity contribution in [1.29, 1.82) is 0 Å². The van der Waals surface area contributed by atoms with E-state index in [2.05, 4.69) is 15.3 Å². The molecule has 0 bridgehead atoms. The Morgan fingerprint density at radius 1 is 1.20 bits per heavy atom. The van der Waals surface area contributed by atoms with Crippen molar-refractivity contribution in [2.45, 2.75) is 0 Å². The first kappa shape index (κ1) is 17.0. The summed E-state index contributed by atoms with van der Waals surface area (Å²) in [5.74, 6) is -1.66. The molecule has 0 radical (unpaired) electrons. The van der Waals surface area contributed by atoms with Crippen LogP contribution in [0, 0.1) is 11.6 Å². The van der Waals surface area contributed by atoms with Gasteiger partial charge in [-0.1, -0.05) is 0 Å². The third-order valence-electron chi connectivity index (χ3n) is 3.39. The van der Waals surface area contributed by atoms with Crippen LogP contribution in [0.1, 0.15) is 10.4 Å². The molecule has 0 aliphatic heterocycles. The van der Waals surface area contributed by atoms with Crippen LogP contribution in [-0.4, -0.2) is 30.0 Å². The van der Waals surface area contributed by atoms with Gasteiger partial charge in [0.05, 0.1) is 11.3 Å². The van der Waals surface area contributed by atoms with E-state index in [1.54, 1.807) is 42.7 Å². The Morgan fingerprint density at radius 3 is 2.72 bits per heavy atom. The molecule has 5 nitrogen and oxygen atoms in total. The Balaban J connectivity index is 1.82. The number of carbonyl (C=O) groups excluding carboxylic acids is 1. The fraction of sp³-hybridized carbons (Fsp3) is 0.118. The summed E-state index contributed by atoms with van der Waals surface area (Å²) in [4.78, 5) is 22.6. The lowest BCUT2D eigenvalue weighted by Gasteiger charge is -2.14. The predicted octanol–water partition coefficient (Wildman–Crippen LogP) is 3.80. The normalized spacial score (nSPS) is 10.6. The second kappa shape index (κ2) is 6.94. The average molecular weight is 360 g/mol. The van der Waals surface area contributed by atoms with E-state index in [0.29, 0.717) is 27.8 Å². The van der Waals surface area contributed by atoms with Crippen molar-refractivity contribution < 1.29 is 13.6 Å². The van der Waals surface area contributed by atoms with Crippen molar-refractivity contribution in [1.82, 2.24) is 9.97 Å². The number of aromatic nitrogens is 2. The quantitative estimate of drug-likeness (QED) is 0.769. The maximum absolute atomic E-state index is 13.3. The summed E-state index contributed by atoms with van der Waals surface area (Å²) in [5.41, 5.74) is 1.31. The highest BCUT2D eigenvalue weighted by Gasteiger charge is 2.16. The number of rotatable bonds is 4. The number of amides is 1. The molecule has 0 spiro atoms. The van der Waals surface area contributed by atoms with Crippen LogP contribution >= 0.6 is 11.3 Å². The molecule has 1 amide bonds. The molecule has 0 fully saturated rings. The Kier molecular flexibility index (Phi) is 4.71. The number of benzene rings is 1. The van der Waals surface area contributed by atoms with Gasteiger partial charge in [-0.05, 0) is 30.3 Å². The average Bonchev–Trinajstić information content (AvgIpc) is 3.05. The molecule has 3 aromatic rings. The molecule has 0 unspecified atom stereocenters. The first-order chi connectivity index (χ1) is 12.0. The fourth-order valence-corrected chi connectivity index (χ4v) is 2.93. The van der Waals surface area contributed by atoms with E-state index in [1.165, 1.54) is 17.4 Å². The van der Waals surface area contributed by atoms with E-state index in [9.17, 15) is 13.6 Å². The molecule has 1 N–H and O–H groups in total. The van der Waals surface area contributed by atoms with Crippen molar-refractivity contribution >= 4 is 28.2 Å². The summed E-state index contributed by atoms with van der Waals surface area (Å²) in [6.45, 7) is 0. The Bertz CT molecular complexity index is 927. The molecule has 3 rings (SSSR count). The third kappa shape index (κ3) is 3.63. The van der Waals surface area contributed by atoms with Gasteiger partial charge in [-0.15, -0.1) is 11.3 Å². The molecule has 0 saturated carbocycles. The summed E-state index contributed by atoms with van der Waals surface area (Å²) >= 11 is 1.20. The van der Waals surface area contributed by atoms with Gasteiger partial charge < -0.3 is 4.90 Å². The molecule has 0 aliphatic rings. The minimum absolute atomic E-state index is 0.344. The molecule has 2 aromatic heterocycles. The van der Waals surface area contributed by atoms with Gasteiger partial charge in [0.2, 0.25) is 0 Å². The SMILES string of the molecule is CN(C)c1ncccc1C(=O)Nc1nc(-c2ccc(F)c(F)c2)cs1. The molecular formula is C17H14F2N4OS. The zero-order valence-corrected chi connectivity index (χ0v) is 14.3. The maximum atomic E-state index is 13.3. The second-order valence-electron chi connectivity index (χ2n) is 5.39. The zero-order valence-electron chi connectivity index (χ0n) is 13.5. The highest BCUT2D eigenvalue weighted by atomic mass is 32.1. The van der Waals surface area contributed by atoms with Crippen LogP contribution < -0.4 is 10.2 Å². The number of pyridine rings is 1. The van der Waals surface area contributed by atoms with Gasteiger partial charge in [-0.25, -0.2) is 18.7 Å². The predicted molar refractivity (Wildman–Crippen MR) is 94.0 cm³/mol. The molecule has 1 aromatic carbocycles. The van der Waals surface area contributed by atoms with Crippen LogP contribution in [0.5, 0.6) is 0 Å². The largest absolute Gasteiger partial charge is 0.362 e. The molecule has 128 valence electrons. The van der Waals surface area contributed by atoms with Crippen LogP contribution in [0.2, 0.25) is 0 Å². The lowest BCUT2D eigenvalue weighted by molar-refractivity contribution is 0.102. The van der Waals surface area contributed by atoms with Gasteiger partial charge in [0.1, 0.15) is 5.82 Å². The Morgan fingerprint density at radius 2 is 2.00 bits per heavy atom. The number of hydrogen-bond donors (Lipinski definition) is 1. The number of nitrogens with zero attached hydrogens (tertiary/aromatic N) is 3. The number of hydrogen-bond acceptors (Lipinski definition) is 5. The van der Waals surface area contributed by atoms with E-state index < -0.39 is 11.6 Å². The molecule has 0 saturated heterocycles. The molecule has 8 heteroatoms. The highest BCUT2D eigenvalue weighted by Crippen LogP contribution is 2.27. The third-order valence-corrected chi connectivity index (χ3v) is 4.15. The summed E-state index contributed by atoms with van der Waals surface area (Å²) < 4.78 is 26.4. The smallest absolute Gasteiger partial charge is 0.261 e. The van der Waals surface area contributed by atoms with Crippen molar-refractivity contribution in [2.75, 3.05) is 24.3 Å². The highest BCUT2D eigenvalue weighted by molar-refractivity contribution is 7.14. The van der Waals surface area contributed by atoms with Crippen LogP contribution in [0.3, 0.4) is 0 Å². The van der Waals surface area contributed by atoms with Gasteiger partial charge in [-0.3, -0.25) is 10.1 Å². The van der Waals surface area contributed by atoms with E-state index >= 15 is 0 Å². The van der Waals surface area contributed by atoms with Crippen LogP contribution in [0.4, 0.5) is 19.7 Å². The molecule has 25 heavy (non-hydrogen) atoms. The van der Waals surface area contributed by atoms with Crippen molar-refractivity contribution in [2.24, 2.45) is 0 Å². The summed E-state index contributed by atoms with van der Waals surface area (Å²) in [7, 11) is 3.59. The topological polar surface area (TPSA) is 58.1 Å². The summed E-state index contributed by atoms with van der Waals surface area (Å²) in [6.07, 6.45) is 1.61. The van der Waals surface area contributed by atoms with Crippen molar-refractivity contribution in [3.63, 3.8) is 0 Å². The standard InChI is InChI=1S/C17H14F2N4OS/c1-23(2)15-11(4-3-7-20-15)16(24)22-17-21-14(9-25-17)10-5-6-12(18)13(19)8-10/h3-9H,1-2H3,(H,21,22,24). The zero-order chi connectivity index (χ0) is 18.0. The Hall–Kier alpha value is -2.87. The number of anilines is 2. The fourth-order valence-electron chi connectivity index (χ4n) is 2.21. The molecular weight excluding hydrogens is 346 g/mol. The van der Waals surface area contributed by atoms with Crippen molar-refractivity contribution in [3.05, 3.63) is 59.1 Å². The summed E-state index contributed by atoms with van der Waals surface area (Å²) in [5, 5.41) is 4.73. The van der Waals surface area contributed by atoms with Gasteiger partial charge >= 0.3 is 0 Å². The minimum atomic E-state index is -0.943. The summed E-state index contributed by atoms with van der Waals surface area (Å²) in [6, 6.07) is 6.89. The number of carbonyl (C=O) groups is 1. The van der Waals surface area contributed by atoms with E-state index in [0.717, 1.165) is 12.1 Å². The lowest BCUT2D eigenvalue weighted by atomic mass is 10.2. The first-order valence-corrected chi connectivity index (χ1v) is 8.18. The van der Waals surface area contributed by atoms with E-state index in [1.807, 2.05) is 0 Å². The second-order valence-corrected chi connectivity index (χ2v) is 6.25. The van der Waals surface area contributed by atoms with Crippen LogP contribution in [0.25, 0.3) is 11.3 Å². The van der Waals surface area contributed by atoms with Gasteiger partial charge in [-0.2, -0.15) is 0 Å². The number of thiazole rings is 1. The van der Waals surface area contributed by atoms with Gasteiger partial charge in [0.25, 0.3) is 5.91 Å². The van der Waals surface area contributed by atoms with Gasteiger partial charge in [0, 0.05) is 31.2 Å². The number of halogens is 2. The van der Waals surface area contributed by atoms with E-state index in [-0.39, 0.29) is 5.91 Å². The molecule has 0 atom stereocenters. The monoisotopic (exact) mass is 360 g/mol. The van der Waals surface area contributed by atoms with E-state index in [4.69, 9.17) is 0 Å². The van der Waals surface area contributed by atoms with Crippen LogP contribution in [-0.2, 0) is 0 Å². The first-order valence-electron chi connectivity index (χ1n) is 7.30. The Labute approximate surface area is 147 Å². The van der Waals surface area contributed by atoms with Crippen LogP contribution in [0.15, 0.2) is 41.9 Å². The van der Waals surface area contributed by atoms with Gasteiger partial charge in [0.15, 0.2) is 16.8 Å².